The van der Waals surface area contributed by atoms with Crippen LogP contribution in [0.25, 0.3) is 0 Å². The SMILES string of the molecule is CCc1cccc(C)c1N1C(=O)CC(C#N)C1(C)C. The van der Waals surface area contributed by atoms with Gasteiger partial charge in [-0.1, -0.05) is 25.1 Å². The highest BCUT2D eigenvalue weighted by molar-refractivity contribution is 5.99. The van der Waals surface area contributed by atoms with Gasteiger partial charge in [-0.3, -0.25) is 4.79 Å². The first kappa shape index (κ1) is 13.6. The van der Waals surface area contributed by atoms with E-state index < -0.39 is 5.54 Å². The number of benzene rings is 1. The standard InChI is InChI=1S/C16H20N2O/c1-5-12-8-6-7-11(2)15(12)18-14(19)9-13(10-17)16(18,3)4/h6-8,13H,5,9H2,1-4H3. The second-order valence-corrected chi connectivity index (χ2v) is 5.70. The molecule has 100 valence electrons. The zero-order valence-electron chi connectivity index (χ0n) is 12.0. The third-order valence-electron chi connectivity index (χ3n) is 4.14. The zero-order valence-corrected chi connectivity index (χ0v) is 12.0. The maximum absolute atomic E-state index is 12.4. The van der Waals surface area contributed by atoms with Gasteiger partial charge < -0.3 is 4.90 Å². The molecule has 1 saturated heterocycles. The van der Waals surface area contributed by atoms with Gasteiger partial charge >= 0.3 is 0 Å². The fourth-order valence-corrected chi connectivity index (χ4v) is 2.93. The van der Waals surface area contributed by atoms with Crippen molar-refractivity contribution in [1.82, 2.24) is 0 Å². The third kappa shape index (κ3) is 2.02. The van der Waals surface area contributed by atoms with Crippen LogP contribution in [0.3, 0.4) is 0 Å². The number of rotatable bonds is 2. The molecule has 0 bridgehead atoms. The van der Waals surface area contributed by atoms with Crippen LogP contribution in [0.4, 0.5) is 5.69 Å². The van der Waals surface area contributed by atoms with Crippen LogP contribution in [-0.2, 0) is 11.2 Å². The van der Waals surface area contributed by atoms with Crippen molar-refractivity contribution in [3.05, 3.63) is 29.3 Å². The molecule has 2 rings (SSSR count). The van der Waals surface area contributed by atoms with E-state index in [2.05, 4.69) is 19.1 Å². The Labute approximate surface area is 114 Å². The normalized spacial score (nSPS) is 21.5. The fraction of sp³-hybridized carbons (Fsp3) is 0.500. The molecule has 0 saturated carbocycles. The molecule has 1 fully saturated rings. The van der Waals surface area contributed by atoms with Crippen molar-refractivity contribution in [2.24, 2.45) is 5.92 Å². The summed E-state index contributed by atoms with van der Waals surface area (Å²) >= 11 is 0. The molecule has 3 heteroatoms. The Morgan fingerprint density at radius 2 is 2.16 bits per heavy atom. The van der Waals surface area contributed by atoms with Gasteiger partial charge in [-0.2, -0.15) is 5.26 Å². The molecule has 0 aromatic heterocycles. The molecule has 0 aliphatic carbocycles. The van der Waals surface area contributed by atoms with Crippen molar-refractivity contribution >= 4 is 11.6 Å². The second kappa shape index (κ2) is 4.70. The number of aryl methyl sites for hydroxylation is 2. The van der Waals surface area contributed by atoms with Crippen LogP contribution >= 0.6 is 0 Å². The zero-order chi connectivity index (χ0) is 14.2. The van der Waals surface area contributed by atoms with E-state index in [4.69, 9.17) is 0 Å². The van der Waals surface area contributed by atoms with Gasteiger partial charge in [0.15, 0.2) is 0 Å². The van der Waals surface area contributed by atoms with Gasteiger partial charge in [0.25, 0.3) is 0 Å². The number of anilines is 1. The lowest BCUT2D eigenvalue weighted by Gasteiger charge is -2.35. The smallest absolute Gasteiger partial charge is 0.228 e. The number of hydrogen-bond acceptors (Lipinski definition) is 2. The number of carbonyl (C=O) groups is 1. The highest BCUT2D eigenvalue weighted by Crippen LogP contribution is 2.41. The van der Waals surface area contributed by atoms with E-state index in [-0.39, 0.29) is 11.8 Å². The molecule has 1 aromatic rings. The number of carbonyl (C=O) groups excluding carboxylic acids is 1. The highest BCUT2D eigenvalue weighted by atomic mass is 16.2. The van der Waals surface area contributed by atoms with Gasteiger partial charge in [0.1, 0.15) is 0 Å². The van der Waals surface area contributed by atoms with Crippen LogP contribution in [0.15, 0.2) is 18.2 Å². The van der Waals surface area contributed by atoms with E-state index in [1.807, 2.05) is 37.8 Å². The van der Waals surface area contributed by atoms with Crippen molar-refractivity contribution in [3.8, 4) is 6.07 Å². The van der Waals surface area contributed by atoms with Crippen molar-refractivity contribution in [2.45, 2.75) is 46.1 Å². The average Bonchev–Trinajstić information content (AvgIpc) is 2.59. The Bertz CT molecular complexity index is 554. The van der Waals surface area contributed by atoms with Crippen LogP contribution in [0.5, 0.6) is 0 Å². The molecule has 1 amide bonds. The van der Waals surface area contributed by atoms with E-state index in [0.717, 1.165) is 17.7 Å². The Morgan fingerprint density at radius 3 is 2.68 bits per heavy atom. The van der Waals surface area contributed by atoms with Crippen LogP contribution in [0, 0.1) is 24.2 Å². The molecule has 1 heterocycles. The largest absolute Gasteiger partial charge is 0.305 e. The lowest BCUT2D eigenvalue weighted by Crippen LogP contribution is -2.45. The van der Waals surface area contributed by atoms with Gasteiger partial charge in [0, 0.05) is 6.42 Å². The summed E-state index contributed by atoms with van der Waals surface area (Å²) in [6, 6.07) is 8.39. The van der Waals surface area contributed by atoms with E-state index in [1.54, 1.807) is 0 Å². The van der Waals surface area contributed by atoms with E-state index >= 15 is 0 Å². The van der Waals surface area contributed by atoms with Crippen molar-refractivity contribution in [1.29, 1.82) is 5.26 Å². The van der Waals surface area contributed by atoms with Gasteiger partial charge in [0.05, 0.1) is 23.2 Å². The summed E-state index contributed by atoms with van der Waals surface area (Å²) in [5, 5.41) is 9.25. The van der Waals surface area contributed by atoms with Crippen molar-refractivity contribution in [3.63, 3.8) is 0 Å². The van der Waals surface area contributed by atoms with Crippen molar-refractivity contribution in [2.75, 3.05) is 4.90 Å². The van der Waals surface area contributed by atoms with Crippen LogP contribution < -0.4 is 4.90 Å². The number of hydrogen-bond donors (Lipinski definition) is 0. The Hall–Kier alpha value is -1.82. The summed E-state index contributed by atoms with van der Waals surface area (Å²) in [6.45, 7) is 8.08. The minimum Gasteiger partial charge on any atom is -0.305 e. The van der Waals surface area contributed by atoms with E-state index in [1.165, 1.54) is 5.56 Å². The number of para-hydroxylation sites is 1. The summed E-state index contributed by atoms with van der Waals surface area (Å²) in [5.41, 5.74) is 2.82. The number of nitrogens with zero attached hydrogens (tertiary/aromatic N) is 2. The fourth-order valence-electron chi connectivity index (χ4n) is 2.93. The molecule has 1 aromatic carbocycles. The predicted molar refractivity (Wildman–Crippen MR) is 75.8 cm³/mol. The molecule has 1 aliphatic heterocycles. The molecule has 3 nitrogen and oxygen atoms in total. The molecule has 0 radical (unpaired) electrons. The molecular formula is C16H20N2O. The summed E-state index contributed by atoms with van der Waals surface area (Å²) < 4.78 is 0. The first-order chi connectivity index (χ1) is 8.93. The Morgan fingerprint density at radius 1 is 1.47 bits per heavy atom. The summed E-state index contributed by atoms with van der Waals surface area (Å²) in [5.74, 6) is -0.190. The molecular weight excluding hydrogens is 236 g/mol. The minimum atomic E-state index is -0.443. The first-order valence-electron chi connectivity index (χ1n) is 6.74. The van der Waals surface area contributed by atoms with Crippen molar-refractivity contribution < 1.29 is 4.79 Å². The van der Waals surface area contributed by atoms with E-state index in [9.17, 15) is 10.1 Å². The second-order valence-electron chi connectivity index (χ2n) is 5.70. The van der Waals surface area contributed by atoms with Crippen LogP contribution in [0.1, 0.15) is 38.3 Å². The third-order valence-corrected chi connectivity index (χ3v) is 4.14. The molecule has 0 spiro atoms. The summed E-state index contributed by atoms with van der Waals surface area (Å²) in [7, 11) is 0. The predicted octanol–water partition coefficient (Wildman–Crippen LogP) is 3.21. The Balaban J connectivity index is 2.59. The van der Waals surface area contributed by atoms with Gasteiger partial charge in [-0.15, -0.1) is 0 Å². The molecule has 19 heavy (non-hydrogen) atoms. The number of nitriles is 1. The monoisotopic (exact) mass is 256 g/mol. The first-order valence-corrected chi connectivity index (χ1v) is 6.74. The highest BCUT2D eigenvalue weighted by Gasteiger charge is 2.48. The summed E-state index contributed by atoms with van der Waals surface area (Å²) in [6.07, 6.45) is 1.20. The average molecular weight is 256 g/mol. The Kier molecular flexibility index (Phi) is 3.36. The minimum absolute atomic E-state index is 0.0561. The molecule has 1 unspecified atom stereocenters. The van der Waals surface area contributed by atoms with Crippen LogP contribution in [-0.4, -0.2) is 11.4 Å². The molecule has 1 aliphatic rings. The van der Waals surface area contributed by atoms with Crippen LogP contribution in [0.2, 0.25) is 0 Å². The topological polar surface area (TPSA) is 44.1 Å². The van der Waals surface area contributed by atoms with E-state index in [0.29, 0.717) is 6.42 Å². The maximum Gasteiger partial charge on any atom is 0.228 e. The maximum atomic E-state index is 12.4. The van der Waals surface area contributed by atoms with Gasteiger partial charge in [-0.25, -0.2) is 0 Å². The number of amides is 1. The molecule has 1 atom stereocenters. The lowest BCUT2D eigenvalue weighted by molar-refractivity contribution is -0.117. The lowest BCUT2D eigenvalue weighted by atomic mass is 9.89. The molecule has 0 N–H and O–H groups in total. The van der Waals surface area contributed by atoms with Gasteiger partial charge in [-0.05, 0) is 38.3 Å². The van der Waals surface area contributed by atoms with Gasteiger partial charge in [0.2, 0.25) is 5.91 Å². The summed E-state index contributed by atoms with van der Waals surface area (Å²) in [4.78, 5) is 14.2. The quantitative estimate of drug-likeness (QED) is 0.815.